The summed E-state index contributed by atoms with van der Waals surface area (Å²) in [5.41, 5.74) is 6.19. The monoisotopic (exact) mass is 359 g/mol. The molecule has 142 valence electrons. The van der Waals surface area contributed by atoms with E-state index in [-0.39, 0.29) is 17.7 Å². The molecular formula is C20H29N3O3. The van der Waals surface area contributed by atoms with Crippen LogP contribution in [0, 0.1) is 11.3 Å². The van der Waals surface area contributed by atoms with Gasteiger partial charge in [-0.3, -0.25) is 9.59 Å². The molecule has 6 heteroatoms. The predicted molar refractivity (Wildman–Crippen MR) is 99.6 cm³/mol. The van der Waals surface area contributed by atoms with Crippen molar-refractivity contribution >= 4 is 11.8 Å². The van der Waals surface area contributed by atoms with Crippen molar-refractivity contribution in [1.29, 1.82) is 0 Å². The molecule has 0 saturated carbocycles. The van der Waals surface area contributed by atoms with Crippen LogP contribution >= 0.6 is 0 Å². The molecule has 2 aliphatic rings. The third kappa shape index (κ3) is 4.24. The standard InChI is InChI=1S/C20H29N3O3/c21-15-20(8-11-26-12-9-20)19(25)23-10-4-5-16(14-23)13-22-18(24)17-6-2-1-3-7-17/h1-3,6-7,16H,4-5,8-15,21H2,(H,22,24). The largest absolute Gasteiger partial charge is 0.381 e. The molecule has 1 atom stereocenters. The average Bonchev–Trinajstić information content (AvgIpc) is 2.72. The van der Waals surface area contributed by atoms with Gasteiger partial charge in [-0.15, -0.1) is 0 Å². The molecule has 2 heterocycles. The molecule has 0 spiro atoms. The zero-order chi connectivity index (χ0) is 18.4. The summed E-state index contributed by atoms with van der Waals surface area (Å²) in [6.45, 7) is 3.65. The minimum Gasteiger partial charge on any atom is -0.381 e. The van der Waals surface area contributed by atoms with Gasteiger partial charge in [-0.05, 0) is 43.7 Å². The summed E-state index contributed by atoms with van der Waals surface area (Å²) in [7, 11) is 0. The SMILES string of the molecule is NCC1(C(=O)N2CCCC(CNC(=O)c3ccccc3)C2)CCOCC1. The van der Waals surface area contributed by atoms with Crippen LogP contribution in [0.5, 0.6) is 0 Å². The summed E-state index contributed by atoms with van der Waals surface area (Å²) in [5.74, 6) is 0.398. The average molecular weight is 359 g/mol. The lowest BCUT2D eigenvalue weighted by Gasteiger charge is -2.42. The molecule has 2 fully saturated rings. The second kappa shape index (κ2) is 8.64. The molecule has 2 saturated heterocycles. The van der Waals surface area contributed by atoms with E-state index in [0.29, 0.717) is 51.3 Å². The number of ether oxygens (including phenoxy) is 1. The van der Waals surface area contributed by atoms with Crippen LogP contribution in [-0.4, -0.2) is 56.1 Å². The number of benzene rings is 1. The molecule has 3 N–H and O–H groups in total. The highest BCUT2D eigenvalue weighted by molar-refractivity contribution is 5.94. The molecule has 2 aliphatic heterocycles. The number of nitrogens with two attached hydrogens (primary N) is 1. The summed E-state index contributed by atoms with van der Waals surface area (Å²) < 4.78 is 5.42. The first-order valence-electron chi connectivity index (χ1n) is 9.55. The first kappa shape index (κ1) is 18.9. The molecule has 0 radical (unpaired) electrons. The maximum absolute atomic E-state index is 13.1. The van der Waals surface area contributed by atoms with Crippen molar-refractivity contribution in [1.82, 2.24) is 10.2 Å². The van der Waals surface area contributed by atoms with Crippen LogP contribution in [0.4, 0.5) is 0 Å². The fourth-order valence-electron chi connectivity index (χ4n) is 3.95. The van der Waals surface area contributed by atoms with Gasteiger partial charge in [-0.1, -0.05) is 18.2 Å². The lowest BCUT2D eigenvalue weighted by atomic mass is 9.78. The van der Waals surface area contributed by atoms with Gasteiger partial charge in [0.15, 0.2) is 0 Å². The summed E-state index contributed by atoms with van der Waals surface area (Å²) >= 11 is 0. The Bertz CT molecular complexity index is 614. The van der Waals surface area contributed by atoms with Crippen LogP contribution in [0.3, 0.4) is 0 Å². The van der Waals surface area contributed by atoms with Crippen LogP contribution < -0.4 is 11.1 Å². The van der Waals surface area contributed by atoms with E-state index in [2.05, 4.69) is 5.32 Å². The maximum atomic E-state index is 13.1. The smallest absolute Gasteiger partial charge is 0.251 e. The van der Waals surface area contributed by atoms with E-state index in [9.17, 15) is 9.59 Å². The molecule has 0 aliphatic carbocycles. The highest BCUT2D eigenvalue weighted by atomic mass is 16.5. The normalized spacial score (nSPS) is 22.7. The minimum atomic E-state index is -0.465. The lowest BCUT2D eigenvalue weighted by molar-refractivity contribution is -0.149. The molecule has 2 amide bonds. The first-order chi connectivity index (χ1) is 12.6. The number of carbonyl (C=O) groups is 2. The Morgan fingerprint density at radius 2 is 1.96 bits per heavy atom. The Kier molecular flexibility index (Phi) is 6.27. The Morgan fingerprint density at radius 3 is 2.65 bits per heavy atom. The molecule has 26 heavy (non-hydrogen) atoms. The van der Waals surface area contributed by atoms with E-state index in [0.717, 1.165) is 19.4 Å². The molecule has 1 aromatic rings. The number of hydrogen-bond acceptors (Lipinski definition) is 4. The van der Waals surface area contributed by atoms with E-state index in [1.807, 2.05) is 35.2 Å². The van der Waals surface area contributed by atoms with Gasteiger partial charge in [0.25, 0.3) is 5.91 Å². The molecule has 0 aromatic heterocycles. The van der Waals surface area contributed by atoms with E-state index in [4.69, 9.17) is 10.5 Å². The Balaban J connectivity index is 1.55. The number of likely N-dealkylation sites (tertiary alicyclic amines) is 1. The van der Waals surface area contributed by atoms with Gasteiger partial charge in [-0.25, -0.2) is 0 Å². The Hall–Kier alpha value is -1.92. The van der Waals surface area contributed by atoms with E-state index in [1.165, 1.54) is 0 Å². The van der Waals surface area contributed by atoms with Crippen molar-refractivity contribution in [2.75, 3.05) is 39.4 Å². The van der Waals surface area contributed by atoms with Gasteiger partial charge < -0.3 is 20.7 Å². The number of carbonyl (C=O) groups excluding carboxylic acids is 2. The third-order valence-electron chi connectivity index (χ3n) is 5.69. The predicted octanol–water partition coefficient (Wildman–Crippen LogP) is 1.41. The topological polar surface area (TPSA) is 84.7 Å². The van der Waals surface area contributed by atoms with E-state index >= 15 is 0 Å². The lowest BCUT2D eigenvalue weighted by Crippen LogP contribution is -2.54. The summed E-state index contributed by atoms with van der Waals surface area (Å²) in [6.07, 6.45) is 3.40. The molecular weight excluding hydrogens is 330 g/mol. The second-order valence-electron chi connectivity index (χ2n) is 7.43. The Labute approximate surface area is 155 Å². The fourth-order valence-corrected chi connectivity index (χ4v) is 3.95. The summed E-state index contributed by atoms with van der Waals surface area (Å²) in [6, 6.07) is 9.22. The number of hydrogen-bond donors (Lipinski definition) is 2. The summed E-state index contributed by atoms with van der Waals surface area (Å²) in [5, 5.41) is 3.01. The molecule has 1 aromatic carbocycles. The van der Waals surface area contributed by atoms with Crippen molar-refractivity contribution in [3.05, 3.63) is 35.9 Å². The van der Waals surface area contributed by atoms with Gasteiger partial charge >= 0.3 is 0 Å². The van der Waals surface area contributed by atoms with Crippen molar-refractivity contribution in [2.45, 2.75) is 25.7 Å². The Morgan fingerprint density at radius 1 is 1.23 bits per heavy atom. The van der Waals surface area contributed by atoms with E-state index in [1.54, 1.807) is 0 Å². The number of nitrogens with zero attached hydrogens (tertiary/aromatic N) is 1. The minimum absolute atomic E-state index is 0.0584. The molecule has 1 unspecified atom stereocenters. The van der Waals surface area contributed by atoms with Crippen molar-refractivity contribution < 1.29 is 14.3 Å². The number of piperidine rings is 1. The second-order valence-corrected chi connectivity index (χ2v) is 7.43. The first-order valence-corrected chi connectivity index (χ1v) is 9.55. The number of nitrogens with one attached hydrogen (secondary N) is 1. The highest BCUT2D eigenvalue weighted by Gasteiger charge is 2.42. The van der Waals surface area contributed by atoms with Crippen molar-refractivity contribution in [3.8, 4) is 0 Å². The van der Waals surface area contributed by atoms with Crippen LogP contribution in [0.15, 0.2) is 30.3 Å². The fraction of sp³-hybridized carbons (Fsp3) is 0.600. The van der Waals surface area contributed by atoms with Crippen LogP contribution in [0.2, 0.25) is 0 Å². The van der Waals surface area contributed by atoms with Crippen LogP contribution in [0.25, 0.3) is 0 Å². The molecule has 3 rings (SSSR count). The summed E-state index contributed by atoms with van der Waals surface area (Å²) in [4.78, 5) is 27.3. The van der Waals surface area contributed by atoms with Gasteiger partial charge in [0, 0.05) is 45.0 Å². The van der Waals surface area contributed by atoms with Crippen molar-refractivity contribution in [3.63, 3.8) is 0 Å². The quantitative estimate of drug-likeness (QED) is 0.832. The van der Waals surface area contributed by atoms with Crippen LogP contribution in [-0.2, 0) is 9.53 Å². The van der Waals surface area contributed by atoms with Gasteiger partial charge in [-0.2, -0.15) is 0 Å². The molecule has 6 nitrogen and oxygen atoms in total. The van der Waals surface area contributed by atoms with Gasteiger partial charge in [0.1, 0.15) is 0 Å². The zero-order valence-corrected chi connectivity index (χ0v) is 15.3. The maximum Gasteiger partial charge on any atom is 0.251 e. The van der Waals surface area contributed by atoms with Crippen LogP contribution in [0.1, 0.15) is 36.0 Å². The van der Waals surface area contributed by atoms with Gasteiger partial charge in [0.2, 0.25) is 5.91 Å². The molecule has 0 bridgehead atoms. The highest BCUT2D eigenvalue weighted by Crippen LogP contribution is 2.33. The number of rotatable bonds is 5. The number of amides is 2. The van der Waals surface area contributed by atoms with Crippen molar-refractivity contribution in [2.24, 2.45) is 17.1 Å². The zero-order valence-electron chi connectivity index (χ0n) is 15.3. The van der Waals surface area contributed by atoms with Gasteiger partial charge in [0.05, 0.1) is 5.41 Å². The third-order valence-corrected chi connectivity index (χ3v) is 5.69. The van der Waals surface area contributed by atoms with E-state index < -0.39 is 5.41 Å².